The lowest BCUT2D eigenvalue weighted by Gasteiger charge is -2.24. The summed E-state index contributed by atoms with van der Waals surface area (Å²) in [4.78, 5) is 0. The smallest absolute Gasteiger partial charge is 0.0375 e. The first-order valence-electron chi connectivity index (χ1n) is 21.2. The van der Waals surface area contributed by atoms with Crippen LogP contribution < -0.4 is 10.6 Å². The highest BCUT2D eigenvalue weighted by Gasteiger charge is 2.23. The van der Waals surface area contributed by atoms with Crippen molar-refractivity contribution in [2.45, 2.75) is 169 Å². The molecular formula is C52H74N2. The van der Waals surface area contributed by atoms with Crippen LogP contribution in [0.5, 0.6) is 0 Å². The van der Waals surface area contributed by atoms with Gasteiger partial charge in [0.05, 0.1) is 0 Å². The normalized spacial score (nSPS) is 16.1. The molecule has 0 aromatic heterocycles. The van der Waals surface area contributed by atoms with E-state index in [0.717, 1.165) is 19.6 Å². The quantitative estimate of drug-likeness (QED) is 0.189. The van der Waals surface area contributed by atoms with Gasteiger partial charge in [-0.15, -0.1) is 0 Å². The van der Waals surface area contributed by atoms with Crippen molar-refractivity contribution in [3.05, 3.63) is 134 Å². The van der Waals surface area contributed by atoms with Crippen LogP contribution in [0.3, 0.4) is 0 Å². The van der Waals surface area contributed by atoms with Crippen LogP contribution in [0.15, 0.2) is 72.8 Å². The van der Waals surface area contributed by atoms with Gasteiger partial charge in [0.2, 0.25) is 0 Å². The molecule has 2 N–H and O–H groups in total. The van der Waals surface area contributed by atoms with Crippen molar-refractivity contribution in [2.24, 2.45) is 0 Å². The minimum absolute atomic E-state index is 0.258. The second kappa shape index (κ2) is 17.2. The lowest BCUT2D eigenvalue weighted by molar-refractivity contribution is 0.583. The van der Waals surface area contributed by atoms with Crippen LogP contribution in [0.4, 0.5) is 5.69 Å². The van der Waals surface area contributed by atoms with Gasteiger partial charge in [0.15, 0.2) is 0 Å². The van der Waals surface area contributed by atoms with Crippen molar-refractivity contribution in [3.8, 4) is 0 Å². The van der Waals surface area contributed by atoms with Gasteiger partial charge in [-0.3, -0.25) is 0 Å². The number of nitrogens with one attached hydrogen (secondary N) is 2. The number of rotatable bonds is 0. The van der Waals surface area contributed by atoms with Gasteiger partial charge in [-0.2, -0.15) is 0 Å². The van der Waals surface area contributed by atoms with Gasteiger partial charge in [0, 0.05) is 18.8 Å². The topological polar surface area (TPSA) is 24.1 Å². The van der Waals surface area contributed by atoms with E-state index < -0.39 is 0 Å². The molecule has 0 fully saturated rings. The first-order valence-corrected chi connectivity index (χ1v) is 21.2. The monoisotopic (exact) mass is 727 g/mol. The third-order valence-electron chi connectivity index (χ3n) is 11.8. The van der Waals surface area contributed by atoms with Crippen LogP contribution in [-0.2, 0) is 66.7 Å². The second-order valence-corrected chi connectivity index (χ2v) is 20.4. The fourth-order valence-corrected chi connectivity index (χ4v) is 8.24. The highest BCUT2D eigenvalue weighted by molar-refractivity contribution is 5.56. The molecule has 54 heavy (non-hydrogen) atoms. The molecule has 0 amide bonds. The number of anilines is 1. The number of fused-ring (bicyclic) bond motifs is 4. The summed E-state index contributed by atoms with van der Waals surface area (Å²) in [5.41, 5.74) is 19.3. The molecule has 2 aliphatic carbocycles. The Bertz CT molecular complexity index is 1780. The molecule has 0 saturated heterocycles. The Hall–Kier alpha value is -3.36. The first kappa shape index (κ1) is 41.8. The molecule has 0 radical (unpaired) electrons. The Morgan fingerprint density at radius 3 is 1.56 bits per heavy atom. The molecule has 2 nitrogen and oxygen atoms in total. The number of hydrogen-bond acceptors (Lipinski definition) is 2. The molecule has 2 aliphatic heterocycles. The maximum Gasteiger partial charge on any atom is 0.0375 e. The minimum Gasteiger partial charge on any atom is -0.385 e. The average molecular weight is 727 g/mol. The van der Waals surface area contributed by atoms with Crippen molar-refractivity contribution in [1.82, 2.24) is 5.32 Å². The molecule has 2 heteroatoms. The Labute approximate surface area is 331 Å². The summed E-state index contributed by atoms with van der Waals surface area (Å²) in [5.74, 6) is 0. The van der Waals surface area contributed by atoms with Gasteiger partial charge < -0.3 is 10.6 Å². The molecule has 0 atom stereocenters. The van der Waals surface area contributed by atoms with Crippen LogP contribution in [-0.4, -0.2) is 13.1 Å². The molecule has 4 aromatic rings. The zero-order chi connectivity index (χ0) is 39.3. The van der Waals surface area contributed by atoms with E-state index in [0.29, 0.717) is 10.8 Å². The van der Waals surface area contributed by atoms with Gasteiger partial charge in [-0.05, 0) is 153 Å². The Morgan fingerprint density at radius 2 is 0.926 bits per heavy atom. The van der Waals surface area contributed by atoms with Gasteiger partial charge >= 0.3 is 0 Å². The lowest BCUT2D eigenvalue weighted by Crippen LogP contribution is -2.24. The van der Waals surface area contributed by atoms with E-state index in [1.165, 1.54) is 96.9 Å². The predicted molar refractivity (Wildman–Crippen MR) is 237 cm³/mol. The average Bonchev–Trinajstić information content (AvgIpc) is 3.80. The lowest BCUT2D eigenvalue weighted by atomic mass is 9.83. The summed E-state index contributed by atoms with van der Waals surface area (Å²) in [7, 11) is 0. The minimum atomic E-state index is 0.258. The van der Waals surface area contributed by atoms with Crippen molar-refractivity contribution in [2.75, 3.05) is 18.4 Å². The van der Waals surface area contributed by atoms with Gasteiger partial charge in [0.1, 0.15) is 0 Å². The summed E-state index contributed by atoms with van der Waals surface area (Å²) < 4.78 is 0. The molecule has 0 bridgehead atoms. The SMILES string of the molecule is CC(C)(C)c1ccc2c(c1)CCC2.CC(C)(C)c1ccc2c(c1)CNCC2.CC(C)(C)c1ccc2c(c1)NCCC2.CC(C)(C)c1cccc2c1CCC2. The molecular weight excluding hydrogens is 653 g/mol. The fourth-order valence-electron chi connectivity index (χ4n) is 8.24. The van der Waals surface area contributed by atoms with Crippen molar-refractivity contribution < 1.29 is 0 Å². The number of benzene rings is 4. The second-order valence-electron chi connectivity index (χ2n) is 20.4. The van der Waals surface area contributed by atoms with Crippen molar-refractivity contribution >= 4 is 5.69 Å². The van der Waals surface area contributed by atoms with Crippen LogP contribution in [0, 0.1) is 0 Å². The van der Waals surface area contributed by atoms with E-state index in [-0.39, 0.29) is 10.8 Å². The Kier molecular flexibility index (Phi) is 13.3. The van der Waals surface area contributed by atoms with E-state index in [4.69, 9.17) is 0 Å². The Morgan fingerprint density at radius 1 is 0.407 bits per heavy atom. The zero-order valence-electron chi connectivity index (χ0n) is 36.4. The standard InChI is InChI=1S/2C13H19N.2C13H18/c1-13(2,3)12-5-4-10-6-7-14-9-11(10)8-12;1-13(2,3)11-7-6-10-5-4-8-14-12(10)9-11;1-13(2,3)12-9-5-7-10-6-4-8-11(10)12;1-13(2,3)12-8-7-10-5-4-6-11(10)9-12/h4-5,8,14H,6-7,9H2,1-3H3;6-7,9,14H,4-5,8H2,1-3H3;5,7,9H,4,6,8H2,1-3H3;7-9H,4-6H2,1-3H3. The number of hydrogen-bond donors (Lipinski definition) is 2. The van der Waals surface area contributed by atoms with E-state index in [9.17, 15) is 0 Å². The first-order chi connectivity index (χ1) is 25.3. The van der Waals surface area contributed by atoms with Crippen LogP contribution in [0.1, 0.15) is 164 Å². The van der Waals surface area contributed by atoms with E-state index >= 15 is 0 Å². The largest absolute Gasteiger partial charge is 0.385 e. The third kappa shape index (κ3) is 11.1. The molecule has 4 aliphatic rings. The highest BCUT2D eigenvalue weighted by atomic mass is 14.9. The maximum atomic E-state index is 3.48. The molecule has 0 spiro atoms. The van der Waals surface area contributed by atoms with Crippen LogP contribution in [0.25, 0.3) is 0 Å². The summed E-state index contributed by atoms with van der Waals surface area (Å²) in [6.07, 6.45) is 11.5. The zero-order valence-corrected chi connectivity index (χ0v) is 36.4. The van der Waals surface area contributed by atoms with Crippen LogP contribution in [0.2, 0.25) is 0 Å². The van der Waals surface area contributed by atoms with E-state index in [1.807, 2.05) is 0 Å². The Balaban J connectivity index is 0.000000139. The molecule has 0 unspecified atom stereocenters. The van der Waals surface area contributed by atoms with Gasteiger partial charge in [0.25, 0.3) is 0 Å². The maximum absolute atomic E-state index is 3.48. The van der Waals surface area contributed by atoms with Gasteiger partial charge in [-0.25, -0.2) is 0 Å². The van der Waals surface area contributed by atoms with Crippen molar-refractivity contribution in [3.63, 3.8) is 0 Å². The molecule has 2 heterocycles. The summed E-state index contributed by atoms with van der Waals surface area (Å²) in [6, 6.07) is 27.6. The summed E-state index contributed by atoms with van der Waals surface area (Å²) in [5, 5.41) is 6.89. The highest BCUT2D eigenvalue weighted by Crippen LogP contribution is 2.34. The molecule has 0 saturated carbocycles. The van der Waals surface area contributed by atoms with Gasteiger partial charge in [-0.1, -0.05) is 150 Å². The predicted octanol–water partition coefficient (Wildman–Crippen LogP) is 12.9. The fraction of sp³-hybridized carbons (Fsp3) is 0.538. The summed E-state index contributed by atoms with van der Waals surface area (Å²) >= 11 is 0. The van der Waals surface area contributed by atoms with Crippen molar-refractivity contribution in [1.29, 1.82) is 0 Å². The molecule has 4 aromatic carbocycles. The third-order valence-corrected chi connectivity index (χ3v) is 11.8. The van der Waals surface area contributed by atoms with E-state index in [2.05, 4.69) is 167 Å². The number of aryl methyl sites for hydroxylation is 4. The van der Waals surface area contributed by atoms with E-state index in [1.54, 1.807) is 27.8 Å². The van der Waals surface area contributed by atoms with Crippen LogP contribution >= 0.6 is 0 Å². The molecule has 8 rings (SSSR count). The summed E-state index contributed by atoms with van der Waals surface area (Å²) in [6.45, 7) is 30.6. The molecule has 292 valence electrons.